The largest absolute Gasteiger partial charge is 0.455 e. The van der Waals surface area contributed by atoms with E-state index >= 15 is 0 Å². The third kappa shape index (κ3) is 3.53. The minimum absolute atomic E-state index is 0.178. The molecule has 0 saturated carbocycles. The lowest BCUT2D eigenvalue weighted by molar-refractivity contribution is -0.659. The zero-order valence-electron chi connectivity index (χ0n) is 22.1. The number of rotatable bonds is 4. The predicted octanol–water partition coefficient (Wildman–Crippen LogP) is 7.25. The molecule has 154 valence electrons. The van der Waals surface area contributed by atoms with Gasteiger partial charge in [0.15, 0.2) is 6.20 Å². The molecule has 1 atom stereocenters. The van der Waals surface area contributed by atoms with Gasteiger partial charge in [0.2, 0.25) is 5.69 Å². The molecule has 0 spiro atoms. The number of para-hydroxylation sites is 1. The Labute approximate surface area is 189 Å². The highest BCUT2D eigenvalue weighted by Gasteiger charge is 2.20. The summed E-state index contributed by atoms with van der Waals surface area (Å²) in [4.78, 5) is 0. The van der Waals surface area contributed by atoms with Gasteiger partial charge in [0.05, 0.1) is 5.56 Å². The van der Waals surface area contributed by atoms with Crippen LogP contribution in [0.3, 0.4) is 0 Å². The maximum atomic E-state index is 8.20. The second-order valence-electron chi connectivity index (χ2n) is 8.30. The Morgan fingerprint density at radius 1 is 0.935 bits per heavy atom. The molecule has 0 saturated heterocycles. The lowest BCUT2D eigenvalue weighted by Crippen LogP contribution is -2.31. The number of benzene rings is 3. The van der Waals surface area contributed by atoms with Gasteiger partial charge in [-0.15, -0.1) is 0 Å². The summed E-state index contributed by atoms with van der Waals surface area (Å²) >= 11 is 0. The standard InChI is InChI=1S/C29H28NO/c1-19(2)17-21-10-12-22(13-11-21)23-14-16-26(30(4)18-23)28-20(3)9-15-25-24-7-5-6-8-27(24)31-29(25)28/h5-16,18-19H,17H2,1-4H3/q+1/i1D3,19D. The van der Waals surface area contributed by atoms with E-state index in [1.165, 1.54) is 6.92 Å². The summed E-state index contributed by atoms with van der Waals surface area (Å²) in [7, 11) is 2.04. The highest BCUT2D eigenvalue weighted by molar-refractivity contribution is 6.09. The van der Waals surface area contributed by atoms with Crippen LogP contribution in [0.1, 0.15) is 30.4 Å². The maximum Gasteiger partial charge on any atom is 0.216 e. The van der Waals surface area contributed by atoms with E-state index in [9.17, 15) is 0 Å². The number of fused-ring (bicyclic) bond motifs is 3. The van der Waals surface area contributed by atoms with Crippen LogP contribution in [-0.2, 0) is 13.5 Å². The number of furan rings is 1. The lowest BCUT2D eigenvalue weighted by Gasteiger charge is -2.08. The monoisotopic (exact) mass is 410 g/mol. The normalized spacial score (nSPS) is 15.8. The Morgan fingerprint density at radius 3 is 2.48 bits per heavy atom. The fraction of sp³-hybridized carbons (Fsp3) is 0.207. The molecule has 5 aromatic rings. The molecule has 2 nitrogen and oxygen atoms in total. The Balaban J connectivity index is 1.50. The van der Waals surface area contributed by atoms with E-state index in [0.717, 1.165) is 55.4 Å². The Hall–Kier alpha value is -3.39. The molecule has 0 amide bonds. The molecule has 2 aromatic heterocycles. The fourth-order valence-corrected chi connectivity index (χ4v) is 4.36. The van der Waals surface area contributed by atoms with Gasteiger partial charge in [-0.05, 0) is 48.1 Å². The summed E-state index contributed by atoms with van der Waals surface area (Å²) in [5, 5.41) is 2.23. The number of aromatic nitrogens is 1. The number of aryl methyl sites for hydroxylation is 2. The first-order chi connectivity index (χ1) is 16.5. The van der Waals surface area contributed by atoms with E-state index in [0.29, 0.717) is 0 Å². The summed E-state index contributed by atoms with van der Waals surface area (Å²) in [6, 6.07) is 24.4. The summed E-state index contributed by atoms with van der Waals surface area (Å²) in [6.45, 7) is 1.25. The van der Waals surface area contributed by atoms with Crippen LogP contribution in [0.2, 0.25) is 0 Å². The van der Waals surface area contributed by atoms with Crippen molar-refractivity contribution in [3.8, 4) is 22.4 Å². The molecule has 0 fully saturated rings. The van der Waals surface area contributed by atoms with E-state index in [1.54, 1.807) is 0 Å². The molecular formula is C29H28NO+. The molecule has 0 radical (unpaired) electrons. The second kappa shape index (κ2) is 7.70. The van der Waals surface area contributed by atoms with Gasteiger partial charge in [0.1, 0.15) is 18.2 Å². The fourth-order valence-electron chi connectivity index (χ4n) is 4.36. The van der Waals surface area contributed by atoms with Gasteiger partial charge >= 0.3 is 0 Å². The van der Waals surface area contributed by atoms with Gasteiger partial charge in [-0.3, -0.25) is 0 Å². The minimum atomic E-state index is -2.32. The van der Waals surface area contributed by atoms with Crippen molar-refractivity contribution in [3.63, 3.8) is 0 Å². The van der Waals surface area contributed by atoms with E-state index < -0.39 is 12.7 Å². The highest BCUT2D eigenvalue weighted by Crippen LogP contribution is 2.37. The summed E-state index contributed by atoms with van der Waals surface area (Å²) in [5.74, 6) is -1.52. The highest BCUT2D eigenvalue weighted by atomic mass is 16.3. The molecule has 0 aliphatic carbocycles. The van der Waals surface area contributed by atoms with Gasteiger partial charge in [0.25, 0.3) is 0 Å². The zero-order chi connectivity index (χ0) is 25.0. The van der Waals surface area contributed by atoms with Crippen LogP contribution in [-0.4, -0.2) is 0 Å². The maximum absolute atomic E-state index is 8.20. The molecule has 2 heteroatoms. The molecule has 0 aliphatic heterocycles. The SMILES string of the molecule is [2H]C([2H])([2H])C([2H])(C)Cc1ccc(-c2ccc(-c3c(C)ccc4c3oc3ccccc34)[n+](C)c2)cc1. The van der Waals surface area contributed by atoms with Crippen LogP contribution in [0.25, 0.3) is 44.3 Å². The van der Waals surface area contributed by atoms with Crippen molar-refractivity contribution in [2.24, 2.45) is 12.9 Å². The van der Waals surface area contributed by atoms with E-state index in [-0.39, 0.29) is 6.42 Å². The Bertz CT molecular complexity index is 1550. The third-order valence-corrected chi connectivity index (χ3v) is 5.90. The molecule has 0 bridgehead atoms. The van der Waals surface area contributed by atoms with Crippen molar-refractivity contribution in [2.45, 2.75) is 27.1 Å². The van der Waals surface area contributed by atoms with E-state index in [2.05, 4.69) is 48.0 Å². The first-order valence-corrected chi connectivity index (χ1v) is 10.6. The van der Waals surface area contributed by atoms with Crippen LogP contribution in [0.5, 0.6) is 0 Å². The first kappa shape index (κ1) is 15.4. The molecule has 31 heavy (non-hydrogen) atoms. The van der Waals surface area contributed by atoms with Crippen molar-refractivity contribution in [1.82, 2.24) is 0 Å². The Kier molecular flexibility index (Phi) is 3.83. The van der Waals surface area contributed by atoms with Crippen LogP contribution < -0.4 is 4.57 Å². The van der Waals surface area contributed by atoms with Crippen LogP contribution in [0, 0.1) is 12.8 Å². The zero-order valence-corrected chi connectivity index (χ0v) is 18.1. The molecular weight excluding hydrogens is 378 g/mol. The van der Waals surface area contributed by atoms with Crippen molar-refractivity contribution in [3.05, 3.63) is 90.1 Å². The smallest absolute Gasteiger partial charge is 0.216 e. The van der Waals surface area contributed by atoms with Crippen LogP contribution in [0.15, 0.2) is 83.4 Å². The first-order valence-electron chi connectivity index (χ1n) is 12.6. The number of nitrogens with zero attached hydrogens (tertiary/aromatic N) is 1. The summed E-state index contributed by atoms with van der Waals surface area (Å²) in [6.07, 6.45) is 2.28. The van der Waals surface area contributed by atoms with Crippen molar-refractivity contribution in [1.29, 1.82) is 0 Å². The summed E-state index contributed by atoms with van der Waals surface area (Å²) < 4.78 is 39.4. The van der Waals surface area contributed by atoms with Crippen molar-refractivity contribution >= 4 is 21.9 Å². The lowest BCUT2D eigenvalue weighted by atomic mass is 9.98. The Morgan fingerprint density at radius 2 is 1.71 bits per heavy atom. The van der Waals surface area contributed by atoms with Crippen molar-refractivity contribution < 1.29 is 14.5 Å². The molecule has 0 aliphatic rings. The predicted molar refractivity (Wildman–Crippen MR) is 129 cm³/mol. The summed E-state index contributed by atoms with van der Waals surface area (Å²) in [5.41, 5.74) is 8.02. The van der Waals surface area contributed by atoms with E-state index in [1.807, 2.05) is 49.5 Å². The van der Waals surface area contributed by atoms with Gasteiger partial charge in [-0.1, -0.05) is 68.4 Å². The number of hydrogen-bond acceptors (Lipinski definition) is 1. The van der Waals surface area contributed by atoms with Gasteiger partial charge in [0, 0.05) is 27.9 Å². The van der Waals surface area contributed by atoms with Crippen molar-refractivity contribution in [2.75, 3.05) is 0 Å². The average molecular weight is 411 g/mol. The second-order valence-corrected chi connectivity index (χ2v) is 8.30. The van der Waals surface area contributed by atoms with Crippen LogP contribution in [0.4, 0.5) is 0 Å². The van der Waals surface area contributed by atoms with E-state index in [4.69, 9.17) is 9.90 Å². The number of hydrogen-bond donors (Lipinski definition) is 0. The van der Waals surface area contributed by atoms with Gasteiger partial charge < -0.3 is 4.42 Å². The average Bonchev–Trinajstić information content (AvgIpc) is 3.17. The number of pyridine rings is 1. The van der Waals surface area contributed by atoms with Gasteiger partial charge in [-0.25, -0.2) is 4.57 Å². The van der Waals surface area contributed by atoms with Crippen LogP contribution >= 0.6 is 0 Å². The molecule has 2 heterocycles. The molecule has 1 unspecified atom stereocenters. The third-order valence-electron chi connectivity index (χ3n) is 5.90. The molecule has 5 rings (SSSR count). The molecule has 0 N–H and O–H groups in total. The van der Waals surface area contributed by atoms with Gasteiger partial charge in [-0.2, -0.15) is 0 Å². The minimum Gasteiger partial charge on any atom is -0.455 e. The topological polar surface area (TPSA) is 17.0 Å². The quantitative estimate of drug-likeness (QED) is 0.285. The molecule has 3 aromatic carbocycles.